The predicted octanol–water partition coefficient (Wildman–Crippen LogP) is 3.94. The predicted molar refractivity (Wildman–Crippen MR) is 81.9 cm³/mol. The van der Waals surface area contributed by atoms with Crippen molar-refractivity contribution in [1.29, 1.82) is 0 Å². The molecule has 1 heterocycles. The first-order valence-electron chi connectivity index (χ1n) is 6.56. The molecule has 0 N–H and O–H groups in total. The van der Waals surface area contributed by atoms with Crippen LogP contribution in [-0.2, 0) is 6.42 Å². The van der Waals surface area contributed by atoms with Crippen molar-refractivity contribution < 1.29 is 4.74 Å². The van der Waals surface area contributed by atoms with E-state index in [1.165, 1.54) is 6.33 Å². The number of ether oxygens (including phenoxy) is 1. The molecule has 0 amide bonds. The first kappa shape index (κ1) is 14.6. The molecule has 0 aliphatic carbocycles. The summed E-state index contributed by atoms with van der Waals surface area (Å²) in [6.07, 6.45) is 3.18. The second-order valence-corrected chi connectivity index (χ2v) is 5.05. The van der Waals surface area contributed by atoms with E-state index in [0.717, 1.165) is 29.8 Å². The van der Waals surface area contributed by atoms with Crippen LogP contribution in [0.5, 0.6) is 11.6 Å². The molecule has 0 fully saturated rings. The van der Waals surface area contributed by atoms with Crippen molar-refractivity contribution in [2.75, 3.05) is 19.0 Å². The molecule has 0 spiro atoms. The van der Waals surface area contributed by atoms with E-state index in [1.54, 1.807) is 0 Å². The van der Waals surface area contributed by atoms with E-state index in [0.29, 0.717) is 11.0 Å². The van der Waals surface area contributed by atoms with E-state index >= 15 is 0 Å². The molecule has 0 aliphatic rings. The molecular formula is C15H18ClN3O. The molecule has 0 radical (unpaired) electrons. The van der Waals surface area contributed by atoms with Crippen LogP contribution in [0.15, 0.2) is 30.6 Å². The number of hydrogen-bond acceptors (Lipinski definition) is 4. The van der Waals surface area contributed by atoms with Gasteiger partial charge in [0, 0.05) is 25.8 Å². The summed E-state index contributed by atoms with van der Waals surface area (Å²) >= 11 is 6.12. The van der Waals surface area contributed by atoms with E-state index in [1.807, 2.05) is 43.3 Å². The van der Waals surface area contributed by atoms with E-state index < -0.39 is 0 Å². The van der Waals surface area contributed by atoms with Gasteiger partial charge in [0.15, 0.2) is 0 Å². The summed E-state index contributed by atoms with van der Waals surface area (Å²) < 4.78 is 5.87. The number of hydrogen-bond donors (Lipinski definition) is 0. The van der Waals surface area contributed by atoms with Crippen molar-refractivity contribution in [3.8, 4) is 11.6 Å². The third-order valence-electron chi connectivity index (χ3n) is 2.90. The third-order valence-corrected chi connectivity index (χ3v) is 3.23. The average molecular weight is 292 g/mol. The van der Waals surface area contributed by atoms with Gasteiger partial charge in [-0.25, -0.2) is 9.97 Å². The van der Waals surface area contributed by atoms with Gasteiger partial charge >= 0.3 is 0 Å². The first-order valence-corrected chi connectivity index (χ1v) is 6.94. The Hall–Kier alpha value is -1.81. The fourth-order valence-electron chi connectivity index (χ4n) is 1.86. The van der Waals surface area contributed by atoms with Gasteiger partial charge in [-0.2, -0.15) is 0 Å². The quantitative estimate of drug-likeness (QED) is 0.782. The number of anilines is 1. The number of benzene rings is 1. The Morgan fingerprint density at radius 1 is 1.25 bits per heavy atom. The van der Waals surface area contributed by atoms with Crippen LogP contribution in [0.3, 0.4) is 0 Å². The Bertz CT molecular complexity index is 587. The molecule has 2 rings (SSSR count). The molecule has 0 saturated heterocycles. The molecule has 4 nitrogen and oxygen atoms in total. The number of nitrogens with zero attached hydrogens (tertiary/aromatic N) is 3. The maximum Gasteiger partial charge on any atom is 0.227 e. The van der Waals surface area contributed by atoms with Gasteiger partial charge in [-0.05, 0) is 18.6 Å². The van der Waals surface area contributed by atoms with Gasteiger partial charge in [-0.1, -0.05) is 31.0 Å². The zero-order valence-electron chi connectivity index (χ0n) is 11.9. The topological polar surface area (TPSA) is 38.3 Å². The summed E-state index contributed by atoms with van der Waals surface area (Å²) in [7, 11) is 3.98. The van der Waals surface area contributed by atoms with Gasteiger partial charge in [0.05, 0.1) is 5.56 Å². The summed E-state index contributed by atoms with van der Waals surface area (Å²) in [5.74, 6) is 1.27. The van der Waals surface area contributed by atoms with Crippen LogP contribution in [0.2, 0.25) is 5.15 Å². The van der Waals surface area contributed by atoms with Crippen molar-refractivity contribution in [1.82, 2.24) is 9.97 Å². The maximum atomic E-state index is 6.12. The van der Waals surface area contributed by atoms with Crippen LogP contribution in [0.1, 0.15) is 18.9 Å². The summed E-state index contributed by atoms with van der Waals surface area (Å²) in [6, 6.07) is 7.84. The Morgan fingerprint density at radius 3 is 2.75 bits per heavy atom. The largest absolute Gasteiger partial charge is 0.438 e. The highest BCUT2D eigenvalue weighted by atomic mass is 35.5. The summed E-state index contributed by atoms with van der Waals surface area (Å²) in [5.41, 5.74) is 1.92. The molecular weight excluding hydrogens is 274 g/mol. The lowest BCUT2D eigenvalue weighted by Crippen LogP contribution is -2.08. The van der Waals surface area contributed by atoms with Gasteiger partial charge in [-0.3, -0.25) is 0 Å². The van der Waals surface area contributed by atoms with E-state index in [-0.39, 0.29) is 0 Å². The molecule has 0 aliphatic heterocycles. The lowest BCUT2D eigenvalue weighted by Gasteiger charge is -2.14. The smallest absolute Gasteiger partial charge is 0.227 e. The average Bonchev–Trinajstić information content (AvgIpc) is 2.43. The lowest BCUT2D eigenvalue weighted by molar-refractivity contribution is 0.454. The van der Waals surface area contributed by atoms with Crippen LogP contribution in [-0.4, -0.2) is 24.1 Å². The highest BCUT2D eigenvalue weighted by Gasteiger charge is 2.11. The van der Waals surface area contributed by atoms with Crippen molar-refractivity contribution in [3.63, 3.8) is 0 Å². The SMILES string of the molecule is CCCc1c(Cl)ncnc1Oc1cccc(N(C)C)c1. The molecule has 20 heavy (non-hydrogen) atoms. The van der Waals surface area contributed by atoms with Crippen molar-refractivity contribution in [3.05, 3.63) is 41.3 Å². The lowest BCUT2D eigenvalue weighted by atomic mass is 10.2. The van der Waals surface area contributed by atoms with Crippen LogP contribution in [0, 0.1) is 0 Å². The van der Waals surface area contributed by atoms with E-state index in [2.05, 4.69) is 16.9 Å². The molecule has 0 unspecified atom stereocenters. The standard InChI is InChI=1S/C15H18ClN3O/c1-4-6-13-14(16)17-10-18-15(13)20-12-8-5-7-11(9-12)19(2)3/h5,7-10H,4,6H2,1-3H3. The molecule has 2 aromatic rings. The molecule has 1 aromatic heterocycles. The second-order valence-electron chi connectivity index (χ2n) is 4.69. The Morgan fingerprint density at radius 2 is 2.05 bits per heavy atom. The molecule has 1 aromatic carbocycles. The number of rotatable bonds is 5. The van der Waals surface area contributed by atoms with Gasteiger partial charge < -0.3 is 9.64 Å². The normalized spacial score (nSPS) is 10.4. The maximum absolute atomic E-state index is 6.12. The van der Waals surface area contributed by atoms with Crippen molar-refractivity contribution in [2.45, 2.75) is 19.8 Å². The van der Waals surface area contributed by atoms with Crippen molar-refractivity contribution in [2.24, 2.45) is 0 Å². The van der Waals surface area contributed by atoms with Gasteiger partial charge in [-0.15, -0.1) is 0 Å². The van der Waals surface area contributed by atoms with E-state index in [9.17, 15) is 0 Å². The van der Waals surface area contributed by atoms with Crippen LogP contribution >= 0.6 is 11.6 Å². The summed E-state index contributed by atoms with van der Waals surface area (Å²) in [4.78, 5) is 10.2. The monoisotopic (exact) mass is 291 g/mol. The summed E-state index contributed by atoms with van der Waals surface area (Å²) in [5, 5.41) is 0.459. The summed E-state index contributed by atoms with van der Waals surface area (Å²) in [6.45, 7) is 2.08. The Kier molecular flexibility index (Phi) is 4.79. The van der Waals surface area contributed by atoms with Crippen LogP contribution in [0.25, 0.3) is 0 Å². The van der Waals surface area contributed by atoms with Crippen molar-refractivity contribution >= 4 is 17.3 Å². The first-order chi connectivity index (χ1) is 9.61. The second kappa shape index (κ2) is 6.57. The minimum atomic E-state index is 0.459. The number of halogens is 1. The number of aromatic nitrogens is 2. The van der Waals surface area contributed by atoms with E-state index in [4.69, 9.17) is 16.3 Å². The van der Waals surface area contributed by atoms with Crippen LogP contribution in [0.4, 0.5) is 5.69 Å². The minimum absolute atomic E-state index is 0.459. The zero-order chi connectivity index (χ0) is 14.5. The Balaban J connectivity index is 2.30. The minimum Gasteiger partial charge on any atom is -0.438 e. The molecule has 0 saturated carbocycles. The zero-order valence-corrected chi connectivity index (χ0v) is 12.7. The molecule has 106 valence electrons. The molecule has 0 bridgehead atoms. The third kappa shape index (κ3) is 3.39. The fraction of sp³-hybridized carbons (Fsp3) is 0.333. The Labute approximate surface area is 124 Å². The van der Waals surface area contributed by atoms with Crippen LogP contribution < -0.4 is 9.64 Å². The van der Waals surface area contributed by atoms with Gasteiger partial charge in [0.2, 0.25) is 5.88 Å². The molecule has 5 heteroatoms. The fourth-order valence-corrected chi connectivity index (χ4v) is 2.08. The van der Waals surface area contributed by atoms with Gasteiger partial charge in [0.1, 0.15) is 17.2 Å². The molecule has 0 atom stereocenters. The highest BCUT2D eigenvalue weighted by molar-refractivity contribution is 6.30. The van der Waals surface area contributed by atoms with Gasteiger partial charge in [0.25, 0.3) is 0 Å². The highest BCUT2D eigenvalue weighted by Crippen LogP contribution is 2.29.